The van der Waals surface area contributed by atoms with Gasteiger partial charge in [0.1, 0.15) is 0 Å². The van der Waals surface area contributed by atoms with Crippen molar-refractivity contribution in [3.05, 3.63) is 22.4 Å². The monoisotopic (exact) mass is 227 g/mol. The highest BCUT2D eigenvalue weighted by molar-refractivity contribution is 7.09. The molecule has 0 bridgehead atoms. The highest BCUT2D eigenvalue weighted by atomic mass is 32.1. The van der Waals surface area contributed by atoms with Gasteiger partial charge in [0.05, 0.1) is 5.60 Å². The van der Waals surface area contributed by atoms with E-state index in [9.17, 15) is 0 Å². The average molecular weight is 227 g/mol. The molecule has 2 nitrogen and oxygen atoms in total. The maximum Gasteiger partial charge on any atom is 0.0782 e. The topological polar surface area (TPSA) is 21.3 Å². The Kier molecular flexibility index (Phi) is 4.77. The third-order valence-corrected chi connectivity index (χ3v) is 3.59. The van der Waals surface area contributed by atoms with Crippen LogP contribution in [0, 0.1) is 0 Å². The molecule has 0 amide bonds. The summed E-state index contributed by atoms with van der Waals surface area (Å²) in [6.07, 6.45) is 1.03. The van der Waals surface area contributed by atoms with E-state index in [4.69, 9.17) is 4.74 Å². The Morgan fingerprint density at radius 3 is 2.73 bits per heavy atom. The van der Waals surface area contributed by atoms with Gasteiger partial charge in [-0.1, -0.05) is 6.07 Å². The minimum atomic E-state index is -0.118. The highest BCUT2D eigenvalue weighted by Gasteiger charge is 2.28. The molecule has 0 saturated carbocycles. The van der Waals surface area contributed by atoms with E-state index in [-0.39, 0.29) is 5.60 Å². The molecule has 1 aromatic rings. The van der Waals surface area contributed by atoms with Gasteiger partial charge < -0.3 is 10.1 Å². The zero-order chi connectivity index (χ0) is 11.3. The standard InChI is InChI=1S/C12H21NOS/c1-5-14-12(2,3)11(13-4)9-10-7-6-8-15-10/h6-8,11,13H,5,9H2,1-4H3. The molecule has 0 aliphatic heterocycles. The van der Waals surface area contributed by atoms with Crippen LogP contribution < -0.4 is 5.32 Å². The van der Waals surface area contributed by atoms with Crippen LogP contribution in [0.2, 0.25) is 0 Å². The van der Waals surface area contributed by atoms with Gasteiger partial charge in [0.2, 0.25) is 0 Å². The second-order valence-corrected chi connectivity index (χ2v) is 5.19. The van der Waals surface area contributed by atoms with Crippen LogP contribution in [0.4, 0.5) is 0 Å². The van der Waals surface area contributed by atoms with Gasteiger partial charge in [-0.25, -0.2) is 0 Å². The van der Waals surface area contributed by atoms with E-state index >= 15 is 0 Å². The summed E-state index contributed by atoms with van der Waals surface area (Å²) in [7, 11) is 2.00. The molecule has 0 aliphatic rings. The predicted octanol–water partition coefficient (Wildman–Crippen LogP) is 2.69. The fraction of sp³-hybridized carbons (Fsp3) is 0.667. The molecule has 0 aliphatic carbocycles. The fourth-order valence-corrected chi connectivity index (χ4v) is 2.55. The van der Waals surface area contributed by atoms with Gasteiger partial charge in [0, 0.05) is 17.5 Å². The lowest BCUT2D eigenvalue weighted by atomic mass is 9.95. The van der Waals surface area contributed by atoms with Crippen LogP contribution in [0.5, 0.6) is 0 Å². The Morgan fingerprint density at radius 2 is 2.27 bits per heavy atom. The first-order valence-electron chi connectivity index (χ1n) is 5.43. The van der Waals surface area contributed by atoms with Gasteiger partial charge in [-0.05, 0) is 45.7 Å². The van der Waals surface area contributed by atoms with Crippen LogP contribution in [-0.4, -0.2) is 25.3 Å². The van der Waals surface area contributed by atoms with Gasteiger partial charge in [0.25, 0.3) is 0 Å². The maximum absolute atomic E-state index is 5.77. The lowest BCUT2D eigenvalue weighted by Crippen LogP contribution is -2.48. The molecule has 86 valence electrons. The first kappa shape index (κ1) is 12.7. The summed E-state index contributed by atoms with van der Waals surface area (Å²) in [4.78, 5) is 1.40. The van der Waals surface area contributed by atoms with Crippen LogP contribution in [0.15, 0.2) is 17.5 Å². The van der Waals surface area contributed by atoms with E-state index in [2.05, 4.69) is 36.7 Å². The number of likely N-dealkylation sites (N-methyl/N-ethyl adjacent to an activating group) is 1. The molecule has 1 rings (SSSR count). The maximum atomic E-state index is 5.77. The van der Waals surface area contributed by atoms with Crippen LogP contribution in [0.25, 0.3) is 0 Å². The van der Waals surface area contributed by atoms with Crippen molar-refractivity contribution in [3.8, 4) is 0 Å². The highest BCUT2D eigenvalue weighted by Crippen LogP contribution is 2.20. The minimum Gasteiger partial charge on any atom is -0.374 e. The molecule has 15 heavy (non-hydrogen) atoms. The van der Waals surface area contributed by atoms with Crippen molar-refractivity contribution in [3.63, 3.8) is 0 Å². The molecule has 0 spiro atoms. The zero-order valence-electron chi connectivity index (χ0n) is 10.0. The van der Waals surface area contributed by atoms with Crippen molar-refractivity contribution in [2.24, 2.45) is 0 Å². The summed E-state index contributed by atoms with van der Waals surface area (Å²) >= 11 is 1.81. The van der Waals surface area contributed by atoms with Crippen molar-refractivity contribution in [1.29, 1.82) is 0 Å². The molecule has 0 fully saturated rings. The molecule has 0 aromatic carbocycles. The van der Waals surface area contributed by atoms with Gasteiger partial charge in [-0.2, -0.15) is 0 Å². The molecule has 1 N–H and O–H groups in total. The first-order valence-corrected chi connectivity index (χ1v) is 6.31. The minimum absolute atomic E-state index is 0.118. The smallest absolute Gasteiger partial charge is 0.0782 e. The Hall–Kier alpha value is -0.380. The number of nitrogens with one attached hydrogen (secondary N) is 1. The first-order chi connectivity index (χ1) is 7.10. The molecular formula is C12H21NOS. The third-order valence-electron chi connectivity index (χ3n) is 2.69. The van der Waals surface area contributed by atoms with Gasteiger partial charge in [-0.3, -0.25) is 0 Å². The summed E-state index contributed by atoms with van der Waals surface area (Å²) in [6.45, 7) is 7.09. The molecule has 1 aromatic heterocycles. The van der Waals surface area contributed by atoms with Gasteiger partial charge in [-0.15, -0.1) is 11.3 Å². The third kappa shape index (κ3) is 3.59. The Balaban J connectivity index is 2.62. The van der Waals surface area contributed by atoms with Crippen LogP contribution in [0.1, 0.15) is 25.6 Å². The van der Waals surface area contributed by atoms with E-state index in [1.165, 1.54) is 4.88 Å². The predicted molar refractivity (Wildman–Crippen MR) is 66.6 cm³/mol. The van der Waals surface area contributed by atoms with E-state index in [1.807, 2.05) is 14.0 Å². The van der Waals surface area contributed by atoms with E-state index < -0.39 is 0 Å². The van der Waals surface area contributed by atoms with Crippen molar-refractivity contribution in [2.45, 2.75) is 38.8 Å². The van der Waals surface area contributed by atoms with Crippen molar-refractivity contribution in [2.75, 3.05) is 13.7 Å². The van der Waals surface area contributed by atoms with Crippen molar-refractivity contribution in [1.82, 2.24) is 5.32 Å². The second-order valence-electron chi connectivity index (χ2n) is 4.16. The van der Waals surface area contributed by atoms with E-state index in [0.29, 0.717) is 6.04 Å². The Bertz CT molecular complexity index is 269. The summed E-state index contributed by atoms with van der Waals surface area (Å²) in [6, 6.07) is 4.63. The number of thiophene rings is 1. The fourth-order valence-electron chi connectivity index (χ4n) is 1.80. The summed E-state index contributed by atoms with van der Waals surface area (Å²) in [5.41, 5.74) is -0.118. The lowest BCUT2D eigenvalue weighted by molar-refractivity contribution is -0.0361. The van der Waals surface area contributed by atoms with E-state index in [0.717, 1.165) is 13.0 Å². The largest absolute Gasteiger partial charge is 0.374 e. The second kappa shape index (κ2) is 5.64. The average Bonchev–Trinajstić information content (AvgIpc) is 2.66. The molecular weight excluding hydrogens is 206 g/mol. The van der Waals surface area contributed by atoms with Crippen LogP contribution >= 0.6 is 11.3 Å². The van der Waals surface area contributed by atoms with Crippen molar-refractivity contribution < 1.29 is 4.74 Å². The summed E-state index contributed by atoms with van der Waals surface area (Å²) < 4.78 is 5.77. The van der Waals surface area contributed by atoms with E-state index in [1.54, 1.807) is 11.3 Å². The van der Waals surface area contributed by atoms with Crippen LogP contribution in [-0.2, 0) is 11.2 Å². The number of ether oxygens (including phenoxy) is 1. The van der Waals surface area contributed by atoms with Crippen molar-refractivity contribution >= 4 is 11.3 Å². The summed E-state index contributed by atoms with van der Waals surface area (Å²) in [5.74, 6) is 0. The number of rotatable bonds is 6. The van der Waals surface area contributed by atoms with Gasteiger partial charge >= 0.3 is 0 Å². The van der Waals surface area contributed by atoms with Gasteiger partial charge in [0.15, 0.2) is 0 Å². The SMILES string of the molecule is CCOC(C)(C)C(Cc1cccs1)NC. The Morgan fingerprint density at radius 1 is 1.53 bits per heavy atom. The quantitative estimate of drug-likeness (QED) is 0.807. The zero-order valence-corrected chi connectivity index (χ0v) is 10.9. The molecule has 3 heteroatoms. The Labute approximate surface area is 96.7 Å². The molecule has 0 saturated heterocycles. The van der Waals surface area contributed by atoms with Crippen LogP contribution in [0.3, 0.4) is 0 Å². The number of hydrogen-bond acceptors (Lipinski definition) is 3. The lowest BCUT2D eigenvalue weighted by Gasteiger charge is -2.33. The molecule has 1 atom stereocenters. The normalized spacial score (nSPS) is 14.1. The molecule has 0 radical (unpaired) electrons. The number of hydrogen-bond donors (Lipinski definition) is 1. The molecule has 1 unspecified atom stereocenters. The molecule has 1 heterocycles. The summed E-state index contributed by atoms with van der Waals surface area (Å²) in [5, 5.41) is 5.47.